The van der Waals surface area contributed by atoms with Crippen LogP contribution in [-0.4, -0.2) is 118 Å². The molecule has 0 heterocycles. The summed E-state index contributed by atoms with van der Waals surface area (Å²) in [5, 5.41) is 85.6. The van der Waals surface area contributed by atoms with Crippen LogP contribution in [0.5, 0.6) is 0 Å². The van der Waals surface area contributed by atoms with Gasteiger partial charge < -0.3 is 50.7 Å². The number of carbonyl (C=O) groups is 1. The smallest absolute Gasteiger partial charge is 0.333 e. The van der Waals surface area contributed by atoms with Gasteiger partial charge in [-0.15, -0.1) is 0 Å². The zero-order valence-electron chi connectivity index (χ0n) is 19.4. The van der Waals surface area contributed by atoms with Gasteiger partial charge in [0.1, 0.15) is 0 Å². The zero-order chi connectivity index (χ0) is 25.5. The minimum Gasteiger partial charge on any atom is -0.462 e. The van der Waals surface area contributed by atoms with E-state index in [9.17, 15) is 50.8 Å². The lowest BCUT2D eigenvalue weighted by Gasteiger charge is -2.30. The van der Waals surface area contributed by atoms with Crippen molar-refractivity contribution in [2.75, 3.05) is 66.1 Å². The van der Waals surface area contributed by atoms with Gasteiger partial charge in [-0.2, -0.15) is 0 Å². The molecule has 11 heteroatoms. The molecule has 0 aliphatic rings. The first-order chi connectivity index (χ1) is 15.7. The average molecular weight is 483 g/mol. The highest BCUT2D eigenvalue weighted by molar-refractivity contribution is 5.88. The van der Waals surface area contributed by atoms with E-state index in [0.717, 1.165) is 0 Å². The molecule has 0 aliphatic heterocycles. The summed E-state index contributed by atoms with van der Waals surface area (Å²) in [6, 6.07) is 0. The van der Waals surface area contributed by atoms with E-state index in [-0.39, 0.29) is 44.3 Å². The number of ether oxygens (including phenoxy) is 1. The normalized spacial score (nSPS) is 12.7. The maximum absolute atomic E-state index is 12.6. The predicted molar refractivity (Wildman–Crippen MR) is 118 cm³/mol. The number of hydrogen-bond donors (Lipinski definition) is 9. The van der Waals surface area contributed by atoms with E-state index in [1.165, 1.54) is 6.92 Å². The Bertz CT molecular complexity index is 528. The number of allylic oxidation sites excluding steroid dienone is 1. The average Bonchev–Trinajstić information content (AvgIpc) is 2.87. The maximum Gasteiger partial charge on any atom is 0.333 e. The SMILES string of the molecule is CC(C(=O)OCCC(CO)(CO)CO)=C(CCC(CO)(CO)CO)CCC(CO)(CO)CO. The molecule has 0 rings (SSSR count). The van der Waals surface area contributed by atoms with Gasteiger partial charge in [-0.1, -0.05) is 5.57 Å². The molecule has 0 bridgehead atoms. The third kappa shape index (κ3) is 9.19. The van der Waals surface area contributed by atoms with E-state index in [1.807, 2.05) is 0 Å². The van der Waals surface area contributed by atoms with Crippen LogP contribution in [0.15, 0.2) is 11.1 Å². The summed E-state index contributed by atoms with van der Waals surface area (Å²) >= 11 is 0. The molecule has 11 nitrogen and oxygen atoms in total. The highest BCUT2D eigenvalue weighted by atomic mass is 16.5. The van der Waals surface area contributed by atoms with Crippen LogP contribution in [0.3, 0.4) is 0 Å². The van der Waals surface area contributed by atoms with Crippen LogP contribution < -0.4 is 0 Å². The third-order valence-electron chi connectivity index (χ3n) is 6.63. The Kier molecular flexibility index (Phi) is 15.1. The number of aliphatic hydroxyl groups is 9. The van der Waals surface area contributed by atoms with Crippen molar-refractivity contribution in [3.05, 3.63) is 11.1 Å². The molecular weight excluding hydrogens is 440 g/mol. The van der Waals surface area contributed by atoms with E-state index < -0.39 is 81.7 Å². The summed E-state index contributed by atoms with van der Waals surface area (Å²) in [7, 11) is 0. The Hall–Kier alpha value is -1.15. The lowest BCUT2D eigenvalue weighted by Crippen LogP contribution is -2.35. The Balaban J connectivity index is 5.60. The summed E-state index contributed by atoms with van der Waals surface area (Å²) < 4.78 is 5.24. The van der Waals surface area contributed by atoms with Crippen LogP contribution in [0.4, 0.5) is 0 Å². The van der Waals surface area contributed by atoms with Crippen LogP contribution in [-0.2, 0) is 9.53 Å². The van der Waals surface area contributed by atoms with Crippen molar-refractivity contribution in [3.8, 4) is 0 Å². The molecule has 0 aromatic heterocycles. The highest BCUT2D eigenvalue weighted by Gasteiger charge is 2.32. The molecule has 0 aromatic rings. The van der Waals surface area contributed by atoms with Gasteiger partial charge in [-0.05, 0) is 39.0 Å². The Labute approximate surface area is 194 Å². The van der Waals surface area contributed by atoms with Crippen LogP contribution in [0, 0.1) is 16.2 Å². The first-order valence-electron chi connectivity index (χ1n) is 11.0. The molecule has 0 radical (unpaired) electrons. The molecule has 0 amide bonds. The standard InChI is InChI=1S/C22H42O11/c1-17(19(32)33-7-6-22(14-29,15-30)16-31)18(2-4-20(8-23,9-24)10-25)3-5-21(11-26,12-27)13-28/h23-31H,2-16H2,1H3. The fourth-order valence-electron chi connectivity index (χ4n) is 3.11. The van der Waals surface area contributed by atoms with Gasteiger partial charge in [0, 0.05) is 21.8 Å². The van der Waals surface area contributed by atoms with Crippen molar-refractivity contribution in [1.29, 1.82) is 0 Å². The van der Waals surface area contributed by atoms with Gasteiger partial charge in [0.05, 0.1) is 66.1 Å². The van der Waals surface area contributed by atoms with E-state index in [1.54, 1.807) is 0 Å². The van der Waals surface area contributed by atoms with Crippen molar-refractivity contribution in [2.45, 2.75) is 39.0 Å². The minimum atomic E-state index is -1.19. The number of hydrogen-bond acceptors (Lipinski definition) is 11. The number of carbonyl (C=O) groups excluding carboxylic acids is 1. The molecule has 196 valence electrons. The van der Waals surface area contributed by atoms with Crippen molar-refractivity contribution in [2.24, 2.45) is 16.2 Å². The molecule has 0 atom stereocenters. The number of rotatable bonds is 19. The van der Waals surface area contributed by atoms with Gasteiger partial charge in [-0.3, -0.25) is 0 Å². The topological polar surface area (TPSA) is 208 Å². The molecule has 9 N–H and O–H groups in total. The molecule has 0 spiro atoms. The summed E-state index contributed by atoms with van der Waals surface area (Å²) in [4.78, 5) is 12.6. The van der Waals surface area contributed by atoms with Crippen LogP contribution in [0.1, 0.15) is 39.0 Å². The first kappa shape index (κ1) is 31.9. The Morgan fingerprint density at radius 1 is 0.576 bits per heavy atom. The fourth-order valence-corrected chi connectivity index (χ4v) is 3.11. The molecule has 0 saturated carbocycles. The van der Waals surface area contributed by atoms with Crippen molar-refractivity contribution in [3.63, 3.8) is 0 Å². The van der Waals surface area contributed by atoms with Gasteiger partial charge in [0.2, 0.25) is 0 Å². The zero-order valence-corrected chi connectivity index (χ0v) is 19.4. The molecule has 0 unspecified atom stereocenters. The quantitative estimate of drug-likeness (QED) is 0.0705. The van der Waals surface area contributed by atoms with Gasteiger partial charge in [0.15, 0.2) is 0 Å². The number of aliphatic hydroxyl groups excluding tert-OH is 9. The highest BCUT2D eigenvalue weighted by Crippen LogP contribution is 2.32. The molecule has 33 heavy (non-hydrogen) atoms. The lowest BCUT2D eigenvalue weighted by molar-refractivity contribution is -0.140. The van der Waals surface area contributed by atoms with Crippen LogP contribution in [0.2, 0.25) is 0 Å². The van der Waals surface area contributed by atoms with Crippen molar-refractivity contribution >= 4 is 5.97 Å². The van der Waals surface area contributed by atoms with E-state index in [4.69, 9.17) is 4.74 Å². The fraction of sp³-hybridized carbons (Fsp3) is 0.864. The summed E-state index contributed by atoms with van der Waals surface area (Å²) in [5.74, 6) is -0.696. The Morgan fingerprint density at radius 2 is 0.879 bits per heavy atom. The molecule has 0 aliphatic carbocycles. The largest absolute Gasteiger partial charge is 0.462 e. The minimum absolute atomic E-state index is 0.0240. The predicted octanol–water partition coefficient (Wildman–Crippen LogP) is -2.31. The Morgan fingerprint density at radius 3 is 1.18 bits per heavy atom. The summed E-state index contributed by atoms with van der Waals surface area (Å²) in [6.45, 7) is -3.00. The van der Waals surface area contributed by atoms with E-state index in [2.05, 4.69) is 0 Å². The molecule has 0 fully saturated rings. The second-order valence-corrected chi connectivity index (χ2v) is 9.04. The van der Waals surface area contributed by atoms with Gasteiger partial charge >= 0.3 is 5.97 Å². The van der Waals surface area contributed by atoms with Gasteiger partial charge in [0.25, 0.3) is 0 Å². The van der Waals surface area contributed by atoms with Crippen LogP contribution in [0.25, 0.3) is 0 Å². The van der Waals surface area contributed by atoms with E-state index in [0.29, 0.717) is 5.57 Å². The monoisotopic (exact) mass is 482 g/mol. The molecule has 0 saturated heterocycles. The van der Waals surface area contributed by atoms with Crippen LogP contribution >= 0.6 is 0 Å². The summed E-state index contributed by atoms with van der Waals surface area (Å²) in [5.41, 5.74) is -2.77. The summed E-state index contributed by atoms with van der Waals surface area (Å²) in [6.07, 6.45) is 0.687. The number of esters is 1. The molecular formula is C22H42O11. The second-order valence-electron chi connectivity index (χ2n) is 9.04. The van der Waals surface area contributed by atoms with Crippen molar-refractivity contribution < 1.29 is 55.5 Å². The van der Waals surface area contributed by atoms with Crippen molar-refractivity contribution in [1.82, 2.24) is 0 Å². The second kappa shape index (κ2) is 15.7. The van der Waals surface area contributed by atoms with E-state index >= 15 is 0 Å². The maximum atomic E-state index is 12.6. The van der Waals surface area contributed by atoms with Gasteiger partial charge in [-0.25, -0.2) is 4.79 Å². The third-order valence-corrected chi connectivity index (χ3v) is 6.63. The lowest BCUT2D eigenvalue weighted by atomic mass is 9.80. The first-order valence-corrected chi connectivity index (χ1v) is 11.0. The molecule has 0 aromatic carbocycles.